The van der Waals surface area contributed by atoms with Crippen LogP contribution in [0.5, 0.6) is 0 Å². The van der Waals surface area contributed by atoms with Crippen molar-refractivity contribution in [1.82, 2.24) is 0 Å². The third kappa shape index (κ3) is 2.41. The number of hydrogen-bond donors (Lipinski definition) is 1. The lowest BCUT2D eigenvalue weighted by Crippen LogP contribution is -2.25. The Bertz CT molecular complexity index is 1090. The Morgan fingerprint density at radius 3 is 2.46 bits per heavy atom. The molecule has 5 rings (SSSR count). The molecule has 0 aromatic heterocycles. The van der Waals surface area contributed by atoms with Gasteiger partial charge in [0.15, 0.2) is 0 Å². The molecule has 0 radical (unpaired) electrons. The second-order valence-corrected chi connectivity index (χ2v) is 7.16. The summed E-state index contributed by atoms with van der Waals surface area (Å²) in [4.78, 5) is 2.39. The topological polar surface area (TPSA) is 15.3 Å². The maximum atomic E-state index is 3.87. The molecule has 2 heteroatoms. The van der Waals surface area contributed by atoms with Crippen molar-refractivity contribution in [2.24, 2.45) is 0 Å². The molecular weight excluding hydrogens is 316 g/mol. The van der Waals surface area contributed by atoms with Gasteiger partial charge in [0.2, 0.25) is 0 Å². The third-order valence-electron chi connectivity index (χ3n) is 5.58. The minimum absolute atomic E-state index is 0.294. The van der Waals surface area contributed by atoms with E-state index in [1.165, 1.54) is 38.5 Å². The predicted molar refractivity (Wildman–Crippen MR) is 112 cm³/mol. The summed E-state index contributed by atoms with van der Waals surface area (Å²) in [7, 11) is 2.21. The number of rotatable bonds is 1. The second kappa shape index (κ2) is 6.06. The molecule has 0 saturated heterocycles. The largest absolute Gasteiger partial charge is 0.378 e. The van der Waals surface area contributed by atoms with E-state index in [0.717, 1.165) is 13.0 Å². The molecule has 0 spiro atoms. The van der Waals surface area contributed by atoms with E-state index in [1.54, 1.807) is 0 Å². The van der Waals surface area contributed by atoms with Gasteiger partial charge in [-0.2, -0.15) is 0 Å². The van der Waals surface area contributed by atoms with E-state index in [1.807, 2.05) is 0 Å². The van der Waals surface area contributed by atoms with Crippen LogP contribution in [0.3, 0.4) is 0 Å². The SMILES string of the molecule is CN1CCC(c2cccc3ccccc23)Nc2cccc3cccc1c23. The molecule has 0 bridgehead atoms. The van der Waals surface area contributed by atoms with Crippen LogP contribution in [0.15, 0.2) is 78.9 Å². The molecule has 2 nitrogen and oxygen atoms in total. The highest BCUT2D eigenvalue weighted by atomic mass is 15.1. The summed E-state index contributed by atoms with van der Waals surface area (Å²) in [5.74, 6) is 0. The zero-order valence-corrected chi connectivity index (χ0v) is 14.9. The summed E-state index contributed by atoms with van der Waals surface area (Å²) in [6, 6.07) is 28.8. The Hall–Kier alpha value is -3.00. The second-order valence-electron chi connectivity index (χ2n) is 7.16. The van der Waals surface area contributed by atoms with Gasteiger partial charge >= 0.3 is 0 Å². The minimum atomic E-state index is 0.294. The van der Waals surface area contributed by atoms with Crippen LogP contribution in [0.4, 0.5) is 11.4 Å². The molecule has 1 N–H and O–H groups in total. The molecular formula is C24H22N2. The first-order chi connectivity index (χ1) is 12.8. The zero-order valence-electron chi connectivity index (χ0n) is 14.9. The standard InChI is InChI=1S/C24H22N2/c1-26-16-15-21(20-12-4-8-17-7-2-3-11-19(17)20)25-22-13-5-9-18-10-6-14-23(26)24(18)22/h2-14,21,25H,15-16H2,1H3. The van der Waals surface area contributed by atoms with Crippen molar-refractivity contribution in [1.29, 1.82) is 0 Å². The maximum Gasteiger partial charge on any atom is 0.0537 e. The molecule has 0 amide bonds. The van der Waals surface area contributed by atoms with Crippen molar-refractivity contribution in [3.05, 3.63) is 84.4 Å². The van der Waals surface area contributed by atoms with Gasteiger partial charge in [-0.1, -0.05) is 66.7 Å². The maximum absolute atomic E-state index is 3.87. The normalized spacial score (nSPS) is 17.0. The molecule has 1 atom stereocenters. The summed E-state index contributed by atoms with van der Waals surface area (Å²) in [5, 5.41) is 9.13. The fourth-order valence-electron chi connectivity index (χ4n) is 4.25. The molecule has 1 aliphatic heterocycles. The summed E-state index contributed by atoms with van der Waals surface area (Å²) in [6.45, 7) is 1.02. The van der Waals surface area contributed by atoms with Gasteiger partial charge in [0.05, 0.1) is 6.04 Å². The fourth-order valence-corrected chi connectivity index (χ4v) is 4.25. The first-order valence-corrected chi connectivity index (χ1v) is 9.28. The van der Waals surface area contributed by atoms with E-state index in [-0.39, 0.29) is 0 Å². The summed E-state index contributed by atoms with van der Waals surface area (Å²) in [5.41, 5.74) is 3.91. The van der Waals surface area contributed by atoms with Crippen molar-refractivity contribution >= 4 is 32.9 Å². The molecule has 1 heterocycles. The zero-order chi connectivity index (χ0) is 17.5. The van der Waals surface area contributed by atoms with Crippen molar-refractivity contribution in [2.75, 3.05) is 23.8 Å². The van der Waals surface area contributed by atoms with Crippen LogP contribution in [0, 0.1) is 0 Å². The van der Waals surface area contributed by atoms with Crippen LogP contribution in [-0.4, -0.2) is 13.6 Å². The average Bonchev–Trinajstić information content (AvgIpc) is 2.69. The minimum Gasteiger partial charge on any atom is -0.378 e. The Labute approximate surface area is 154 Å². The van der Waals surface area contributed by atoms with E-state index in [4.69, 9.17) is 0 Å². The first kappa shape index (κ1) is 15.3. The highest BCUT2D eigenvalue weighted by molar-refractivity contribution is 6.03. The Kier molecular flexibility index (Phi) is 3.56. The van der Waals surface area contributed by atoms with E-state index >= 15 is 0 Å². The summed E-state index contributed by atoms with van der Waals surface area (Å²) in [6.07, 6.45) is 1.06. The molecule has 0 saturated carbocycles. The number of nitrogens with zero attached hydrogens (tertiary/aromatic N) is 1. The lowest BCUT2D eigenvalue weighted by atomic mass is 9.94. The van der Waals surface area contributed by atoms with Crippen LogP contribution in [0.25, 0.3) is 21.5 Å². The van der Waals surface area contributed by atoms with E-state index in [2.05, 4.69) is 96.1 Å². The van der Waals surface area contributed by atoms with Crippen molar-refractivity contribution in [3.63, 3.8) is 0 Å². The fraction of sp³-hybridized carbons (Fsp3) is 0.167. The number of anilines is 2. The summed E-state index contributed by atoms with van der Waals surface area (Å²) < 4.78 is 0. The highest BCUT2D eigenvalue weighted by Gasteiger charge is 2.20. The lowest BCUT2D eigenvalue weighted by molar-refractivity contribution is 0.684. The van der Waals surface area contributed by atoms with Gasteiger partial charge in [0.25, 0.3) is 0 Å². The monoisotopic (exact) mass is 338 g/mol. The van der Waals surface area contributed by atoms with Gasteiger partial charge in [-0.15, -0.1) is 0 Å². The van der Waals surface area contributed by atoms with Crippen molar-refractivity contribution in [3.8, 4) is 0 Å². The van der Waals surface area contributed by atoms with Gasteiger partial charge < -0.3 is 10.2 Å². The average molecular weight is 338 g/mol. The van der Waals surface area contributed by atoms with Crippen molar-refractivity contribution < 1.29 is 0 Å². The molecule has 4 aromatic carbocycles. The number of hydrogen-bond acceptors (Lipinski definition) is 2. The van der Waals surface area contributed by atoms with Crippen molar-refractivity contribution in [2.45, 2.75) is 12.5 Å². The molecule has 128 valence electrons. The Morgan fingerprint density at radius 2 is 1.54 bits per heavy atom. The van der Waals surface area contributed by atoms with E-state index in [0.29, 0.717) is 6.04 Å². The molecule has 0 aliphatic carbocycles. The van der Waals surface area contributed by atoms with Crippen LogP contribution in [0.1, 0.15) is 18.0 Å². The highest BCUT2D eigenvalue weighted by Crippen LogP contribution is 2.38. The summed E-state index contributed by atoms with van der Waals surface area (Å²) >= 11 is 0. The number of nitrogens with one attached hydrogen (secondary N) is 1. The van der Waals surface area contributed by atoms with Crippen LogP contribution in [-0.2, 0) is 0 Å². The van der Waals surface area contributed by atoms with Gasteiger partial charge in [0.1, 0.15) is 0 Å². The molecule has 1 unspecified atom stereocenters. The quantitative estimate of drug-likeness (QED) is 0.459. The lowest BCUT2D eigenvalue weighted by Gasteiger charge is -2.31. The Morgan fingerprint density at radius 1 is 0.808 bits per heavy atom. The van der Waals surface area contributed by atoms with Gasteiger partial charge in [-0.3, -0.25) is 0 Å². The molecule has 4 aromatic rings. The third-order valence-corrected chi connectivity index (χ3v) is 5.58. The predicted octanol–water partition coefficient (Wildman–Crippen LogP) is 5.99. The van der Waals surface area contributed by atoms with E-state index in [9.17, 15) is 0 Å². The smallest absolute Gasteiger partial charge is 0.0537 e. The van der Waals surface area contributed by atoms with Gasteiger partial charge in [0, 0.05) is 30.4 Å². The first-order valence-electron chi connectivity index (χ1n) is 9.28. The van der Waals surface area contributed by atoms with Crippen LogP contribution < -0.4 is 10.2 Å². The van der Waals surface area contributed by atoms with Crippen LogP contribution in [0.2, 0.25) is 0 Å². The molecule has 26 heavy (non-hydrogen) atoms. The van der Waals surface area contributed by atoms with E-state index < -0.39 is 0 Å². The molecule has 0 fully saturated rings. The number of fused-ring (bicyclic) bond motifs is 1. The number of benzene rings is 4. The Balaban J connectivity index is 1.69. The van der Waals surface area contributed by atoms with Gasteiger partial charge in [-0.05, 0) is 40.3 Å². The van der Waals surface area contributed by atoms with Gasteiger partial charge in [-0.25, -0.2) is 0 Å². The molecule has 1 aliphatic rings. The van der Waals surface area contributed by atoms with Crippen LogP contribution >= 0.6 is 0 Å².